The van der Waals surface area contributed by atoms with Gasteiger partial charge in [0.2, 0.25) is 0 Å². The number of nitrogens with zero attached hydrogens (tertiary/aromatic N) is 1. The van der Waals surface area contributed by atoms with Crippen LogP contribution in [0.2, 0.25) is 5.02 Å². The number of ether oxygens (including phenoxy) is 1. The normalized spacial score (nSPS) is 11.1. The van der Waals surface area contributed by atoms with Crippen molar-refractivity contribution in [2.75, 3.05) is 27.2 Å². The Hall–Kier alpha value is -2.73. The summed E-state index contributed by atoms with van der Waals surface area (Å²) in [5, 5.41) is 10.0. The van der Waals surface area contributed by atoms with Crippen LogP contribution in [0.4, 0.5) is 0 Å². The predicted molar refractivity (Wildman–Crippen MR) is 114 cm³/mol. The van der Waals surface area contributed by atoms with Gasteiger partial charge >= 0.3 is 0 Å². The molecule has 3 N–H and O–H groups in total. The number of halogens is 1. The summed E-state index contributed by atoms with van der Waals surface area (Å²) in [4.78, 5) is 16.0. The fraction of sp³-hybridized carbons (Fsp3) is 0.333. The van der Waals surface area contributed by atoms with Crippen molar-refractivity contribution in [3.05, 3.63) is 64.2 Å². The van der Waals surface area contributed by atoms with Gasteiger partial charge in [-0.1, -0.05) is 29.8 Å². The minimum atomic E-state index is -0.0586. The van der Waals surface area contributed by atoms with E-state index in [0.717, 1.165) is 23.3 Å². The molecule has 0 saturated carbocycles. The summed E-state index contributed by atoms with van der Waals surface area (Å²) in [7, 11) is 3.35. The van der Waals surface area contributed by atoms with Crippen LogP contribution in [-0.2, 0) is 13.0 Å². The molecule has 7 heteroatoms. The zero-order chi connectivity index (χ0) is 20.4. The molecule has 28 heavy (non-hydrogen) atoms. The second kappa shape index (κ2) is 11.2. The average Bonchev–Trinajstić information content (AvgIpc) is 2.72. The number of nitrogens with one attached hydrogen (secondary N) is 3. The summed E-state index contributed by atoms with van der Waals surface area (Å²) in [5.41, 5.74) is 2.77. The average molecular weight is 403 g/mol. The van der Waals surface area contributed by atoms with Gasteiger partial charge in [0, 0.05) is 37.3 Å². The Labute approximate surface area is 171 Å². The predicted octanol–water partition coefficient (Wildman–Crippen LogP) is 3.01. The lowest BCUT2D eigenvalue weighted by Gasteiger charge is -2.13. The van der Waals surface area contributed by atoms with Crippen molar-refractivity contribution in [2.45, 2.75) is 19.9 Å². The highest BCUT2D eigenvalue weighted by atomic mass is 35.5. The minimum Gasteiger partial charge on any atom is -0.497 e. The summed E-state index contributed by atoms with van der Waals surface area (Å²) >= 11 is 6.27. The fourth-order valence-corrected chi connectivity index (χ4v) is 2.88. The number of carbonyl (C=O) groups is 1. The minimum absolute atomic E-state index is 0.0586. The van der Waals surface area contributed by atoms with Gasteiger partial charge in [-0.15, -0.1) is 0 Å². The summed E-state index contributed by atoms with van der Waals surface area (Å²) in [6.07, 6.45) is 0.769. The molecule has 6 nitrogen and oxygen atoms in total. The van der Waals surface area contributed by atoms with Gasteiger partial charge in [-0.3, -0.25) is 9.79 Å². The van der Waals surface area contributed by atoms with E-state index < -0.39 is 0 Å². The second-order valence-electron chi connectivity index (χ2n) is 6.12. The highest BCUT2D eigenvalue weighted by Gasteiger charge is 2.05. The molecule has 150 valence electrons. The Morgan fingerprint density at radius 1 is 1.11 bits per heavy atom. The molecule has 0 radical (unpaired) electrons. The van der Waals surface area contributed by atoms with Gasteiger partial charge in [-0.05, 0) is 48.7 Å². The summed E-state index contributed by atoms with van der Waals surface area (Å²) in [6, 6.07) is 13.2. The van der Waals surface area contributed by atoms with Crippen molar-refractivity contribution < 1.29 is 9.53 Å². The largest absolute Gasteiger partial charge is 0.497 e. The summed E-state index contributed by atoms with van der Waals surface area (Å²) in [6.45, 7) is 3.82. The number of amides is 1. The van der Waals surface area contributed by atoms with Crippen LogP contribution >= 0.6 is 11.6 Å². The molecule has 0 aliphatic carbocycles. The second-order valence-corrected chi connectivity index (χ2v) is 6.52. The molecule has 0 aliphatic heterocycles. The fourth-order valence-electron chi connectivity index (χ4n) is 2.62. The van der Waals surface area contributed by atoms with Crippen LogP contribution in [0.3, 0.4) is 0 Å². The monoisotopic (exact) mass is 402 g/mol. The van der Waals surface area contributed by atoms with Crippen molar-refractivity contribution in [2.24, 2.45) is 4.99 Å². The van der Waals surface area contributed by atoms with Crippen LogP contribution in [-0.4, -0.2) is 39.1 Å². The molecular weight excluding hydrogens is 376 g/mol. The maximum Gasteiger partial charge on any atom is 0.251 e. The number of benzene rings is 2. The van der Waals surface area contributed by atoms with Crippen molar-refractivity contribution >= 4 is 23.5 Å². The molecule has 0 aromatic heterocycles. The van der Waals surface area contributed by atoms with Gasteiger partial charge in [0.15, 0.2) is 5.96 Å². The van der Waals surface area contributed by atoms with E-state index in [9.17, 15) is 4.79 Å². The van der Waals surface area contributed by atoms with Crippen LogP contribution in [0.15, 0.2) is 47.5 Å². The molecular formula is C21H27ClN4O2. The molecule has 2 aromatic carbocycles. The van der Waals surface area contributed by atoms with Gasteiger partial charge in [-0.2, -0.15) is 0 Å². The third-order valence-corrected chi connectivity index (χ3v) is 4.54. The maximum atomic E-state index is 11.8. The Morgan fingerprint density at radius 3 is 2.46 bits per heavy atom. The number of hydrogen-bond acceptors (Lipinski definition) is 3. The molecule has 0 unspecified atom stereocenters. The lowest BCUT2D eigenvalue weighted by atomic mass is 10.1. The Kier molecular flexibility index (Phi) is 8.62. The van der Waals surface area contributed by atoms with E-state index in [2.05, 4.69) is 20.9 Å². The molecule has 0 fully saturated rings. The van der Waals surface area contributed by atoms with E-state index in [4.69, 9.17) is 16.3 Å². The Bertz CT molecular complexity index is 807. The zero-order valence-electron chi connectivity index (χ0n) is 16.5. The molecule has 2 aromatic rings. The third kappa shape index (κ3) is 6.46. The third-order valence-electron chi connectivity index (χ3n) is 4.18. The van der Waals surface area contributed by atoms with E-state index in [1.807, 2.05) is 49.4 Å². The van der Waals surface area contributed by atoms with Crippen molar-refractivity contribution in [1.29, 1.82) is 0 Å². The number of hydrogen-bond donors (Lipinski definition) is 3. The van der Waals surface area contributed by atoms with Gasteiger partial charge in [0.1, 0.15) is 5.75 Å². The van der Waals surface area contributed by atoms with E-state index in [-0.39, 0.29) is 5.91 Å². The van der Waals surface area contributed by atoms with Crippen LogP contribution in [0.25, 0.3) is 0 Å². The van der Waals surface area contributed by atoms with E-state index in [1.54, 1.807) is 14.2 Å². The number of carbonyl (C=O) groups excluding carboxylic acids is 1. The van der Waals surface area contributed by atoms with Crippen LogP contribution in [0.5, 0.6) is 5.75 Å². The highest BCUT2D eigenvalue weighted by molar-refractivity contribution is 6.31. The lowest BCUT2D eigenvalue weighted by Crippen LogP contribution is -2.37. The van der Waals surface area contributed by atoms with Crippen molar-refractivity contribution in [3.8, 4) is 5.75 Å². The zero-order valence-corrected chi connectivity index (χ0v) is 17.3. The van der Waals surface area contributed by atoms with Crippen molar-refractivity contribution in [3.63, 3.8) is 0 Å². The van der Waals surface area contributed by atoms with Gasteiger partial charge < -0.3 is 20.7 Å². The summed E-state index contributed by atoms with van der Waals surface area (Å²) in [5.74, 6) is 1.39. The SMILES string of the molecule is CCNC(=O)c1ccc(CNC(=NC)NCCc2ccc(OC)cc2Cl)cc1. The number of aliphatic imine (C=N–C) groups is 1. The maximum absolute atomic E-state index is 11.8. The molecule has 0 saturated heterocycles. The number of methoxy groups -OCH3 is 1. The summed E-state index contributed by atoms with van der Waals surface area (Å²) < 4.78 is 5.17. The Morgan fingerprint density at radius 2 is 1.86 bits per heavy atom. The number of guanidine groups is 1. The first-order valence-electron chi connectivity index (χ1n) is 9.21. The standard InChI is InChI=1S/C21H27ClN4O2/c1-4-24-20(27)17-7-5-15(6-8-17)14-26-21(23-2)25-12-11-16-9-10-18(28-3)13-19(16)22/h5-10,13H,4,11-12,14H2,1-3H3,(H,24,27)(H2,23,25,26). The molecule has 1 amide bonds. The molecule has 0 aliphatic rings. The van der Waals surface area contributed by atoms with Crippen LogP contribution in [0.1, 0.15) is 28.4 Å². The first kappa shape index (κ1) is 21.6. The lowest BCUT2D eigenvalue weighted by molar-refractivity contribution is 0.0956. The molecule has 0 spiro atoms. The highest BCUT2D eigenvalue weighted by Crippen LogP contribution is 2.22. The molecule has 2 rings (SSSR count). The van der Waals surface area contributed by atoms with Crippen LogP contribution < -0.4 is 20.7 Å². The van der Waals surface area contributed by atoms with Crippen molar-refractivity contribution in [1.82, 2.24) is 16.0 Å². The molecule has 0 atom stereocenters. The molecule has 0 bridgehead atoms. The van der Waals surface area contributed by atoms with Crippen LogP contribution in [0, 0.1) is 0 Å². The van der Waals surface area contributed by atoms with Gasteiger partial charge in [0.25, 0.3) is 5.91 Å². The Balaban J connectivity index is 1.80. The quantitative estimate of drug-likeness (QED) is 0.468. The van der Waals surface area contributed by atoms with Gasteiger partial charge in [-0.25, -0.2) is 0 Å². The first-order chi connectivity index (χ1) is 13.6. The first-order valence-corrected chi connectivity index (χ1v) is 9.59. The smallest absolute Gasteiger partial charge is 0.251 e. The van der Waals surface area contributed by atoms with E-state index in [1.165, 1.54) is 0 Å². The number of rotatable bonds is 8. The van der Waals surface area contributed by atoms with E-state index in [0.29, 0.717) is 36.2 Å². The molecule has 0 heterocycles. The topological polar surface area (TPSA) is 74.8 Å². The van der Waals surface area contributed by atoms with E-state index >= 15 is 0 Å². The van der Waals surface area contributed by atoms with Gasteiger partial charge in [0.05, 0.1) is 7.11 Å².